The van der Waals surface area contributed by atoms with Crippen LogP contribution in [0.4, 0.5) is 0 Å². The first-order valence-electron chi connectivity index (χ1n) is 9.91. The number of piperazine rings is 1. The lowest BCUT2D eigenvalue weighted by Gasteiger charge is -2.33. The SMILES string of the molecule is N#CCCn1cc(/C=C/C(=O)N2CCN(Cc3cccs3)CC2)c2ccccc21. The van der Waals surface area contributed by atoms with Gasteiger partial charge in [-0.05, 0) is 23.6 Å². The van der Waals surface area contributed by atoms with Crippen molar-refractivity contribution in [3.8, 4) is 6.07 Å². The summed E-state index contributed by atoms with van der Waals surface area (Å²) in [4.78, 5) is 18.4. The van der Waals surface area contributed by atoms with Crippen molar-refractivity contribution in [3.05, 3.63) is 64.5 Å². The smallest absolute Gasteiger partial charge is 0.246 e. The van der Waals surface area contributed by atoms with Gasteiger partial charge in [0.05, 0.1) is 12.5 Å². The fraction of sp³-hybridized carbons (Fsp3) is 0.304. The van der Waals surface area contributed by atoms with Crippen molar-refractivity contribution in [2.75, 3.05) is 26.2 Å². The van der Waals surface area contributed by atoms with Gasteiger partial charge in [-0.3, -0.25) is 9.69 Å². The molecule has 0 bridgehead atoms. The van der Waals surface area contributed by atoms with E-state index in [4.69, 9.17) is 5.26 Å². The van der Waals surface area contributed by atoms with Gasteiger partial charge in [0.15, 0.2) is 0 Å². The zero-order chi connectivity index (χ0) is 20.1. The highest BCUT2D eigenvalue weighted by molar-refractivity contribution is 7.09. The number of amides is 1. The van der Waals surface area contributed by atoms with Crippen LogP contribution in [0, 0.1) is 11.3 Å². The van der Waals surface area contributed by atoms with Crippen molar-refractivity contribution in [1.29, 1.82) is 5.26 Å². The highest BCUT2D eigenvalue weighted by Gasteiger charge is 2.20. The molecule has 4 rings (SSSR count). The van der Waals surface area contributed by atoms with Crippen LogP contribution >= 0.6 is 11.3 Å². The number of carbonyl (C=O) groups is 1. The first kappa shape index (κ1) is 19.4. The maximum atomic E-state index is 12.7. The third-order valence-electron chi connectivity index (χ3n) is 5.33. The molecule has 29 heavy (non-hydrogen) atoms. The molecule has 3 aromatic rings. The van der Waals surface area contributed by atoms with Gasteiger partial charge in [-0.1, -0.05) is 24.3 Å². The van der Waals surface area contributed by atoms with Crippen LogP contribution in [-0.4, -0.2) is 46.5 Å². The molecular formula is C23H24N4OS. The van der Waals surface area contributed by atoms with E-state index < -0.39 is 0 Å². The average molecular weight is 405 g/mol. The lowest BCUT2D eigenvalue weighted by atomic mass is 10.1. The predicted molar refractivity (Wildman–Crippen MR) is 117 cm³/mol. The van der Waals surface area contributed by atoms with Gasteiger partial charge in [-0.2, -0.15) is 5.26 Å². The predicted octanol–water partition coefficient (Wildman–Crippen LogP) is 3.97. The van der Waals surface area contributed by atoms with E-state index in [1.807, 2.05) is 29.3 Å². The molecule has 0 atom stereocenters. The number of hydrogen-bond donors (Lipinski definition) is 0. The van der Waals surface area contributed by atoms with Crippen LogP contribution in [0.3, 0.4) is 0 Å². The fourth-order valence-corrected chi connectivity index (χ4v) is 4.53. The van der Waals surface area contributed by atoms with Crippen molar-refractivity contribution >= 4 is 34.2 Å². The summed E-state index contributed by atoms with van der Waals surface area (Å²) in [5, 5.41) is 12.1. The summed E-state index contributed by atoms with van der Waals surface area (Å²) in [5.41, 5.74) is 2.11. The molecule has 0 radical (unpaired) electrons. The van der Waals surface area contributed by atoms with Gasteiger partial charge in [0.25, 0.3) is 0 Å². The van der Waals surface area contributed by atoms with Gasteiger partial charge in [0.1, 0.15) is 0 Å². The van der Waals surface area contributed by atoms with Crippen LogP contribution < -0.4 is 0 Å². The van der Waals surface area contributed by atoms with Gasteiger partial charge in [-0.25, -0.2) is 0 Å². The van der Waals surface area contributed by atoms with Crippen LogP contribution in [0.2, 0.25) is 0 Å². The zero-order valence-corrected chi connectivity index (χ0v) is 17.1. The minimum atomic E-state index is 0.0645. The molecule has 0 unspecified atom stereocenters. The molecule has 3 heterocycles. The summed E-state index contributed by atoms with van der Waals surface area (Å²) in [6.45, 7) is 4.97. The van der Waals surface area contributed by atoms with E-state index in [-0.39, 0.29) is 5.91 Å². The molecule has 1 aliphatic rings. The topological polar surface area (TPSA) is 52.3 Å². The van der Waals surface area contributed by atoms with Gasteiger partial charge in [0.2, 0.25) is 5.91 Å². The number of para-hydroxylation sites is 1. The monoisotopic (exact) mass is 404 g/mol. The highest BCUT2D eigenvalue weighted by Crippen LogP contribution is 2.23. The summed E-state index contributed by atoms with van der Waals surface area (Å²) in [7, 11) is 0. The Labute approximate surface area is 175 Å². The molecule has 2 aromatic heterocycles. The molecule has 6 heteroatoms. The second-order valence-electron chi connectivity index (χ2n) is 7.22. The van der Waals surface area contributed by atoms with E-state index in [0.717, 1.165) is 49.2 Å². The van der Waals surface area contributed by atoms with Gasteiger partial charge in [0, 0.05) is 72.9 Å². The summed E-state index contributed by atoms with van der Waals surface area (Å²) in [6, 6.07) is 14.6. The Morgan fingerprint density at radius 1 is 1.14 bits per heavy atom. The Morgan fingerprint density at radius 3 is 2.72 bits per heavy atom. The first-order chi connectivity index (χ1) is 14.2. The fourth-order valence-electron chi connectivity index (χ4n) is 3.78. The van der Waals surface area contributed by atoms with Crippen LogP contribution in [0.5, 0.6) is 0 Å². The molecule has 0 spiro atoms. The summed E-state index contributed by atoms with van der Waals surface area (Å²) in [5.74, 6) is 0.0645. The number of thiophene rings is 1. The first-order valence-corrected chi connectivity index (χ1v) is 10.8. The summed E-state index contributed by atoms with van der Waals surface area (Å²) >= 11 is 1.78. The van der Waals surface area contributed by atoms with E-state index in [0.29, 0.717) is 13.0 Å². The molecule has 1 fully saturated rings. The Bertz CT molecular complexity index is 1040. The molecule has 148 valence electrons. The van der Waals surface area contributed by atoms with Crippen molar-refractivity contribution in [1.82, 2.24) is 14.4 Å². The van der Waals surface area contributed by atoms with E-state index in [1.54, 1.807) is 17.4 Å². The molecule has 1 aromatic carbocycles. The van der Waals surface area contributed by atoms with Crippen molar-refractivity contribution in [2.45, 2.75) is 19.5 Å². The molecule has 0 saturated carbocycles. The number of nitrogens with zero attached hydrogens (tertiary/aromatic N) is 4. The zero-order valence-electron chi connectivity index (χ0n) is 16.3. The lowest BCUT2D eigenvalue weighted by molar-refractivity contribution is -0.127. The number of hydrogen-bond acceptors (Lipinski definition) is 4. The molecule has 0 aliphatic carbocycles. The van der Waals surface area contributed by atoms with Crippen molar-refractivity contribution in [3.63, 3.8) is 0 Å². The highest BCUT2D eigenvalue weighted by atomic mass is 32.1. The Kier molecular flexibility index (Phi) is 6.09. The number of rotatable bonds is 6. The van der Waals surface area contributed by atoms with Crippen LogP contribution in [0.25, 0.3) is 17.0 Å². The van der Waals surface area contributed by atoms with Crippen molar-refractivity contribution < 1.29 is 4.79 Å². The van der Waals surface area contributed by atoms with Gasteiger partial charge < -0.3 is 9.47 Å². The largest absolute Gasteiger partial charge is 0.346 e. The van der Waals surface area contributed by atoms with Crippen LogP contribution in [0.1, 0.15) is 16.9 Å². The van der Waals surface area contributed by atoms with E-state index in [1.165, 1.54) is 4.88 Å². The second-order valence-corrected chi connectivity index (χ2v) is 8.25. The lowest BCUT2D eigenvalue weighted by Crippen LogP contribution is -2.47. The van der Waals surface area contributed by atoms with Gasteiger partial charge >= 0.3 is 0 Å². The maximum Gasteiger partial charge on any atom is 0.246 e. The minimum Gasteiger partial charge on any atom is -0.346 e. The summed E-state index contributed by atoms with van der Waals surface area (Å²) < 4.78 is 2.09. The number of carbonyl (C=O) groups excluding carboxylic acids is 1. The second kappa shape index (κ2) is 9.08. The molecule has 1 amide bonds. The quantitative estimate of drug-likeness (QED) is 0.584. The number of aromatic nitrogens is 1. The number of nitriles is 1. The standard InChI is InChI=1S/C23H24N4OS/c24-10-4-11-27-17-19(21-6-1-2-7-22(21)27)8-9-23(28)26-14-12-25(13-15-26)18-20-5-3-16-29-20/h1-3,5-9,16-17H,4,11-15,18H2/b9-8+. The number of aryl methyl sites for hydroxylation is 1. The van der Waals surface area contributed by atoms with E-state index in [2.05, 4.69) is 45.2 Å². The minimum absolute atomic E-state index is 0.0645. The van der Waals surface area contributed by atoms with Crippen LogP contribution in [-0.2, 0) is 17.9 Å². The van der Waals surface area contributed by atoms with E-state index in [9.17, 15) is 4.79 Å². The normalized spacial score (nSPS) is 15.2. The third-order valence-corrected chi connectivity index (χ3v) is 6.19. The third kappa shape index (κ3) is 4.58. The average Bonchev–Trinajstić information content (AvgIpc) is 3.39. The van der Waals surface area contributed by atoms with Crippen LogP contribution in [0.15, 0.2) is 54.1 Å². The maximum absolute atomic E-state index is 12.7. The Balaban J connectivity index is 1.39. The molecule has 5 nitrogen and oxygen atoms in total. The molecule has 1 aliphatic heterocycles. The number of benzene rings is 1. The Morgan fingerprint density at radius 2 is 1.97 bits per heavy atom. The Hall–Kier alpha value is -2.88. The molecule has 1 saturated heterocycles. The number of fused-ring (bicyclic) bond motifs is 1. The van der Waals surface area contributed by atoms with E-state index >= 15 is 0 Å². The van der Waals surface area contributed by atoms with Crippen molar-refractivity contribution in [2.24, 2.45) is 0 Å². The molecule has 0 N–H and O–H groups in total. The molecular weight excluding hydrogens is 380 g/mol. The van der Waals surface area contributed by atoms with Gasteiger partial charge in [-0.15, -0.1) is 11.3 Å². The summed E-state index contributed by atoms with van der Waals surface area (Å²) in [6.07, 6.45) is 6.10.